The van der Waals surface area contributed by atoms with Gasteiger partial charge in [0.2, 0.25) is 23.6 Å². The second kappa shape index (κ2) is 10.6. The normalized spacial score (nSPS) is 21.3. The van der Waals surface area contributed by atoms with Crippen LogP contribution in [0, 0.1) is 0 Å². The predicted octanol–water partition coefficient (Wildman–Crippen LogP) is -2.06. The summed E-state index contributed by atoms with van der Waals surface area (Å²) in [5, 5.41) is 24.3. The Balaban J connectivity index is 1.88. The first-order valence-electron chi connectivity index (χ1n) is 9.98. The lowest BCUT2D eigenvalue weighted by atomic mass is 10.2. The van der Waals surface area contributed by atoms with Crippen LogP contribution in [0.15, 0.2) is 0 Å². The van der Waals surface area contributed by atoms with E-state index in [-0.39, 0.29) is 6.54 Å². The Labute approximate surface area is 178 Å². The van der Waals surface area contributed by atoms with Crippen molar-refractivity contribution < 1.29 is 39.0 Å². The van der Waals surface area contributed by atoms with Crippen LogP contribution in [0.1, 0.15) is 32.6 Å². The molecule has 0 aromatic heterocycles. The van der Waals surface area contributed by atoms with E-state index in [0.29, 0.717) is 38.8 Å². The maximum atomic E-state index is 12.6. The number of carboxylic acid groups (broad SMARTS) is 2. The maximum Gasteiger partial charge on any atom is 0.405 e. The van der Waals surface area contributed by atoms with Crippen LogP contribution in [0.25, 0.3) is 0 Å². The molecule has 2 saturated heterocycles. The molecule has 2 fully saturated rings. The molecule has 5 N–H and O–H groups in total. The summed E-state index contributed by atoms with van der Waals surface area (Å²) >= 11 is 0. The zero-order valence-corrected chi connectivity index (χ0v) is 17.1. The number of likely N-dealkylation sites (tertiary alicyclic amines) is 2. The quantitative estimate of drug-likeness (QED) is 0.284. The Morgan fingerprint density at radius 1 is 0.839 bits per heavy atom. The number of rotatable bonds is 8. The van der Waals surface area contributed by atoms with Crippen molar-refractivity contribution in [1.29, 1.82) is 0 Å². The molecule has 1 unspecified atom stereocenters. The third-order valence-corrected chi connectivity index (χ3v) is 5.29. The summed E-state index contributed by atoms with van der Waals surface area (Å²) < 4.78 is 0. The van der Waals surface area contributed by atoms with Gasteiger partial charge in [-0.2, -0.15) is 0 Å². The van der Waals surface area contributed by atoms with Gasteiger partial charge in [0, 0.05) is 13.1 Å². The van der Waals surface area contributed by atoms with E-state index < -0.39 is 60.4 Å². The van der Waals surface area contributed by atoms with Gasteiger partial charge in [0.15, 0.2) is 0 Å². The van der Waals surface area contributed by atoms with Crippen molar-refractivity contribution in [2.45, 2.75) is 50.7 Å². The molecule has 0 aromatic rings. The highest BCUT2D eigenvalue weighted by atomic mass is 16.4. The number of nitrogens with zero attached hydrogens (tertiary/aromatic N) is 2. The standard InChI is InChI=1S/C18H27N5O8/c1-10(17(28)29)21-16(27)12-5-3-7-23(12)13(24)8-19-15(26)11-4-2-6-22(11)14(25)9-20-18(30)31/h10-12,20H,2-9H2,1H3,(H,19,26)(H,21,27)(H,28,29)(H,30,31)/t10?,11-,12-/m0/s1. The van der Waals surface area contributed by atoms with Crippen molar-refractivity contribution in [1.82, 2.24) is 25.8 Å². The molecular weight excluding hydrogens is 414 g/mol. The molecule has 2 aliphatic rings. The van der Waals surface area contributed by atoms with E-state index in [2.05, 4.69) is 10.6 Å². The predicted molar refractivity (Wildman–Crippen MR) is 104 cm³/mol. The molecule has 2 rings (SSSR count). The summed E-state index contributed by atoms with van der Waals surface area (Å²) in [5.74, 6) is -3.31. The lowest BCUT2D eigenvalue weighted by molar-refractivity contribution is -0.143. The number of carbonyl (C=O) groups excluding carboxylic acids is 4. The third-order valence-electron chi connectivity index (χ3n) is 5.29. The smallest absolute Gasteiger partial charge is 0.405 e. The first-order valence-corrected chi connectivity index (χ1v) is 9.98. The van der Waals surface area contributed by atoms with Gasteiger partial charge in [-0.15, -0.1) is 0 Å². The lowest BCUT2D eigenvalue weighted by Crippen LogP contribution is -2.53. The van der Waals surface area contributed by atoms with Crippen molar-refractivity contribution in [2.24, 2.45) is 0 Å². The number of amides is 5. The van der Waals surface area contributed by atoms with Crippen LogP contribution in [-0.4, -0.2) is 100 Å². The molecule has 2 heterocycles. The summed E-state index contributed by atoms with van der Waals surface area (Å²) in [4.78, 5) is 73.5. The second-order valence-electron chi connectivity index (χ2n) is 7.44. The fourth-order valence-electron chi connectivity index (χ4n) is 3.68. The average Bonchev–Trinajstić information content (AvgIpc) is 3.39. The molecule has 5 amide bonds. The van der Waals surface area contributed by atoms with Crippen molar-refractivity contribution in [3.8, 4) is 0 Å². The van der Waals surface area contributed by atoms with Gasteiger partial charge in [-0.3, -0.25) is 24.0 Å². The van der Waals surface area contributed by atoms with Crippen LogP contribution in [0.2, 0.25) is 0 Å². The topological polar surface area (TPSA) is 185 Å². The molecule has 0 aromatic carbocycles. The summed E-state index contributed by atoms with van der Waals surface area (Å²) in [6, 6.07) is -2.70. The molecule has 0 spiro atoms. The van der Waals surface area contributed by atoms with Gasteiger partial charge >= 0.3 is 12.1 Å². The number of hydrogen-bond acceptors (Lipinski definition) is 6. The fourth-order valence-corrected chi connectivity index (χ4v) is 3.68. The van der Waals surface area contributed by atoms with Crippen LogP contribution in [0.5, 0.6) is 0 Å². The molecule has 31 heavy (non-hydrogen) atoms. The van der Waals surface area contributed by atoms with Crippen LogP contribution >= 0.6 is 0 Å². The van der Waals surface area contributed by atoms with Crippen LogP contribution < -0.4 is 16.0 Å². The Morgan fingerprint density at radius 2 is 1.32 bits per heavy atom. The van der Waals surface area contributed by atoms with Crippen LogP contribution in [0.4, 0.5) is 4.79 Å². The lowest BCUT2D eigenvalue weighted by Gasteiger charge is -2.26. The summed E-state index contributed by atoms with van der Waals surface area (Å²) in [5.41, 5.74) is 0. The van der Waals surface area contributed by atoms with Gasteiger partial charge in [-0.05, 0) is 32.6 Å². The molecule has 2 aliphatic heterocycles. The molecule has 3 atom stereocenters. The average molecular weight is 441 g/mol. The van der Waals surface area contributed by atoms with E-state index in [1.165, 1.54) is 16.7 Å². The van der Waals surface area contributed by atoms with Gasteiger partial charge in [-0.1, -0.05) is 0 Å². The Hall–Kier alpha value is -3.38. The van der Waals surface area contributed by atoms with E-state index in [9.17, 15) is 28.8 Å². The van der Waals surface area contributed by atoms with E-state index in [1.54, 1.807) is 0 Å². The van der Waals surface area contributed by atoms with Gasteiger partial charge < -0.3 is 36.0 Å². The molecule has 0 aliphatic carbocycles. The number of nitrogens with one attached hydrogen (secondary N) is 3. The van der Waals surface area contributed by atoms with E-state index in [1.807, 2.05) is 5.32 Å². The van der Waals surface area contributed by atoms with Crippen molar-refractivity contribution in [3.05, 3.63) is 0 Å². The minimum atomic E-state index is -1.35. The first-order chi connectivity index (χ1) is 14.6. The highest BCUT2D eigenvalue weighted by Gasteiger charge is 2.37. The van der Waals surface area contributed by atoms with Crippen LogP contribution in [-0.2, 0) is 24.0 Å². The molecule has 0 radical (unpaired) electrons. The largest absolute Gasteiger partial charge is 0.480 e. The Morgan fingerprint density at radius 3 is 1.81 bits per heavy atom. The number of aliphatic carboxylic acids is 1. The second-order valence-corrected chi connectivity index (χ2v) is 7.44. The molecule has 13 nitrogen and oxygen atoms in total. The summed E-state index contributed by atoms with van der Waals surface area (Å²) in [6.07, 6.45) is 0.572. The van der Waals surface area contributed by atoms with Crippen molar-refractivity contribution >= 4 is 35.7 Å². The Kier molecular flexibility index (Phi) is 8.16. The van der Waals surface area contributed by atoms with Gasteiger partial charge in [0.05, 0.1) is 6.54 Å². The number of carbonyl (C=O) groups is 6. The number of carboxylic acids is 1. The summed E-state index contributed by atoms with van der Waals surface area (Å²) in [7, 11) is 0. The van der Waals surface area contributed by atoms with E-state index in [0.717, 1.165) is 0 Å². The van der Waals surface area contributed by atoms with Crippen LogP contribution in [0.3, 0.4) is 0 Å². The van der Waals surface area contributed by atoms with E-state index in [4.69, 9.17) is 10.2 Å². The monoisotopic (exact) mass is 441 g/mol. The van der Waals surface area contributed by atoms with Gasteiger partial charge in [0.25, 0.3) is 0 Å². The maximum absolute atomic E-state index is 12.6. The number of hydrogen-bond donors (Lipinski definition) is 5. The van der Waals surface area contributed by atoms with Crippen molar-refractivity contribution in [2.75, 3.05) is 26.2 Å². The highest BCUT2D eigenvalue weighted by molar-refractivity contribution is 5.94. The fraction of sp³-hybridized carbons (Fsp3) is 0.667. The minimum Gasteiger partial charge on any atom is -0.480 e. The molecule has 0 saturated carbocycles. The minimum absolute atomic E-state index is 0.308. The van der Waals surface area contributed by atoms with Gasteiger partial charge in [-0.25, -0.2) is 4.79 Å². The highest BCUT2D eigenvalue weighted by Crippen LogP contribution is 2.19. The SMILES string of the molecule is CC(NC(=O)[C@@H]1CCCN1C(=O)CNC(=O)[C@@H]1CCCN1C(=O)CNC(=O)O)C(=O)O. The summed E-state index contributed by atoms with van der Waals surface area (Å²) in [6.45, 7) is 1.12. The molecule has 13 heteroatoms. The molecule has 0 bridgehead atoms. The first kappa shape index (κ1) is 23.9. The van der Waals surface area contributed by atoms with Crippen molar-refractivity contribution in [3.63, 3.8) is 0 Å². The van der Waals surface area contributed by atoms with E-state index >= 15 is 0 Å². The zero-order valence-electron chi connectivity index (χ0n) is 17.1. The zero-order chi connectivity index (χ0) is 23.1. The molecular formula is C18H27N5O8. The Bertz CT molecular complexity index is 757. The molecule has 172 valence electrons. The third kappa shape index (κ3) is 6.30. The van der Waals surface area contributed by atoms with Gasteiger partial charge in [0.1, 0.15) is 24.7 Å².